The highest BCUT2D eigenvalue weighted by Gasteiger charge is 2.38. The second-order valence-corrected chi connectivity index (χ2v) is 39.8. The van der Waals surface area contributed by atoms with Crippen molar-refractivity contribution in [3.8, 4) is 34.5 Å². The van der Waals surface area contributed by atoms with Crippen molar-refractivity contribution >= 4 is 111 Å². The lowest BCUT2D eigenvalue weighted by Gasteiger charge is -2.39. The zero-order valence-electron chi connectivity index (χ0n) is 71.7. The highest BCUT2D eigenvalue weighted by molar-refractivity contribution is 7.90. The van der Waals surface area contributed by atoms with Crippen LogP contribution >= 0.6 is 23.2 Å². The summed E-state index contributed by atoms with van der Waals surface area (Å²) in [6.45, 7) is 17.5. The van der Waals surface area contributed by atoms with E-state index in [4.69, 9.17) is 42.1 Å². The summed E-state index contributed by atoms with van der Waals surface area (Å²) < 4.78 is 98.9. The van der Waals surface area contributed by atoms with E-state index in [-0.39, 0.29) is 99.9 Å². The number of amides is 2. The average molecular weight is 1820 g/mol. The molecule has 2 saturated heterocycles. The van der Waals surface area contributed by atoms with E-state index in [9.17, 15) is 51.0 Å². The molecule has 129 heavy (non-hydrogen) atoms. The number of nitrogens with one attached hydrogen (secondary N) is 4. The van der Waals surface area contributed by atoms with Crippen molar-refractivity contribution in [1.82, 2.24) is 39.2 Å². The Balaban J connectivity index is 0.000000181. The number of carbonyl (C=O) groups is 2. The van der Waals surface area contributed by atoms with E-state index in [1.54, 1.807) is 73.1 Å². The molecule has 31 heteroatoms. The van der Waals surface area contributed by atoms with E-state index in [2.05, 4.69) is 101 Å². The van der Waals surface area contributed by atoms with Gasteiger partial charge in [0.2, 0.25) is 0 Å². The lowest BCUT2D eigenvalue weighted by atomic mass is 9.72. The van der Waals surface area contributed by atoms with Gasteiger partial charge in [-0.05, 0) is 187 Å². The number of hydrogen-bond donors (Lipinski definition) is 4. The van der Waals surface area contributed by atoms with E-state index >= 15 is 0 Å². The number of allylic oxidation sites excluding steroid dienone is 2. The summed E-state index contributed by atoms with van der Waals surface area (Å²) in [7, 11) is -9.32. The van der Waals surface area contributed by atoms with Gasteiger partial charge in [-0.25, -0.2) is 40.6 Å². The minimum absolute atomic E-state index is 0.0133. The Morgan fingerprint density at radius 1 is 0.535 bits per heavy atom. The number of pyridine rings is 2. The Morgan fingerprint density at radius 3 is 1.40 bits per heavy atom. The van der Waals surface area contributed by atoms with Crippen LogP contribution in [-0.2, 0) is 45.7 Å². The SMILES string of the molecule is CC1(C)CCC(CN2CCN(c3ccc(C(=O)NS(=O)(=O)c4cc5c(c([N+](=O)[O-])c4)C[C@H](Cc4ccccc4)CO5)c(Oc4cnc5[nH]ccc5c4)c3)CC2)=C(c2ccc(Cl)cc2)C1.CC1(C)CCC(CN2CCN(c3ccc(C(=O)NS(=O)(=O)c4cc5c(c([N+](=O)[O-])c4)C[C@H](Cc4ccccc4F)CO5)c(Oc4cnc5[nH]ccc5c4)c3)CC2)=C(c2ccc(Cl)cc2)C1. The van der Waals surface area contributed by atoms with Crippen LogP contribution < -0.4 is 38.2 Å². The maximum Gasteiger partial charge on any atom is 0.277 e. The molecule has 4 N–H and O–H groups in total. The molecule has 0 radical (unpaired) electrons. The van der Waals surface area contributed by atoms with Crippen LogP contribution in [0.2, 0.25) is 10.0 Å². The molecule has 8 heterocycles. The first-order valence-corrected chi connectivity index (χ1v) is 46.9. The Labute approximate surface area is 756 Å². The van der Waals surface area contributed by atoms with Crippen molar-refractivity contribution in [2.45, 2.75) is 102 Å². The van der Waals surface area contributed by atoms with Gasteiger partial charge in [-0.1, -0.05) is 135 Å². The summed E-state index contributed by atoms with van der Waals surface area (Å²) in [5, 5.41) is 27.7. The van der Waals surface area contributed by atoms with Crippen LogP contribution in [0.15, 0.2) is 234 Å². The number of nitro benzene ring substituents is 2. The molecule has 2 atom stereocenters. The smallest absolute Gasteiger partial charge is 0.277 e. The van der Waals surface area contributed by atoms with Gasteiger partial charge < -0.3 is 38.7 Å². The van der Waals surface area contributed by atoms with Gasteiger partial charge in [0, 0.05) is 158 Å². The zero-order chi connectivity index (χ0) is 90.0. The molecule has 8 aromatic carbocycles. The second-order valence-electron chi connectivity index (χ2n) is 35.6. The van der Waals surface area contributed by atoms with Crippen molar-refractivity contribution in [2.75, 3.05) is 88.5 Å². The fourth-order valence-corrected chi connectivity index (χ4v) is 20.5. The van der Waals surface area contributed by atoms with Crippen molar-refractivity contribution in [3.05, 3.63) is 305 Å². The number of H-pyrrole nitrogens is 2. The Kier molecular flexibility index (Phi) is 25.6. The quantitative estimate of drug-likeness (QED) is 0.0322. The number of ether oxygens (including phenoxy) is 4. The Morgan fingerprint density at radius 2 is 0.961 bits per heavy atom. The van der Waals surface area contributed by atoms with Gasteiger partial charge in [0.15, 0.2) is 0 Å². The van der Waals surface area contributed by atoms with Gasteiger partial charge in [0.1, 0.15) is 51.6 Å². The lowest BCUT2D eigenvalue weighted by molar-refractivity contribution is -0.386. The first-order valence-electron chi connectivity index (χ1n) is 43.1. The molecule has 12 aromatic rings. The summed E-state index contributed by atoms with van der Waals surface area (Å²) >= 11 is 12.5. The fraction of sp³-hybridized carbons (Fsp3) is 0.306. The molecule has 6 aliphatic rings. The predicted molar refractivity (Wildman–Crippen MR) is 496 cm³/mol. The van der Waals surface area contributed by atoms with Crippen molar-refractivity contribution in [1.29, 1.82) is 0 Å². The van der Waals surface area contributed by atoms with Gasteiger partial charge in [-0.3, -0.25) is 39.6 Å². The second kappa shape index (κ2) is 37.3. The van der Waals surface area contributed by atoms with Crippen LogP contribution in [0.1, 0.15) is 120 Å². The molecule has 4 aromatic heterocycles. The number of nitro groups is 2. The zero-order valence-corrected chi connectivity index (χ0v) is 74.8. The molecule has 18 rings (SSSR count). The Hall–Kier alpha value is -12.5. The van der Waals surface area contributed by atoms with Crippen molar-refractivity contribution < 1.29 is 59.6 Å². The first kappa shape index (κ1) is 88.5. The standard InChI is InChI=1S/C49H48ClFN6O7S.C49H49ClN6O7S/c1-49(2)15-13-35(42(27-49)32-7-9-36(50)10-8-32)29-55-17-19-56(20-18-55)37-11-12-40(46(24-37)64-38-23-34-14-16-52-47(34)53-28-38)48(58)54-65(61,62)39-25-44(57(59)60)41-22-31(30-63-45(41)26-39)21-33-5-3-4-6-43(33)51;1-49(2)16-14-36(43(28-49)34-8-10-37(50)11-9-34)30-54-18-20-55(21-19-54)38-12-13-41(46(25-38)63-39-24-35-15-17-51-47(35)52-29-39)48(57)53-64(60,61)40-26-44(56(58)59)42-23-33(31-62-45(42)27-40)22-32-6-4-3-5-7-32/h3-12,14,16,23-26,28,31H,13,15,17-22,27,29-30H2,1-2H3,(H,52,53)(H,54,58);3-13,15,17,24-27,29,33H,14,16,18-23,28,30-31H2,1-2H3,(H,51,52)(H,53,57)/t31-;33-/m00/s1. The molecule has 2 amide bonds. The molecular weight excluding hydrogens is 1720 g/mol. The van der Waals surface area contributed by atoms with Gasteiger partial charge in [-0.15, -0.1) is 0 Å². The van der Waals surface area contributed by atoms with Crippen molar-refractivity contribution in [2.24, 2.45) is 22.7 Å². The minimum Gasteiger partial charge on any atom is -0.493 e. The number of nitrogens with zero attached hydrogens (tertiary/aromatic N) is 8. The number of benzene rings is 8. The third kappa shape index (κ3) is 20.6. The van der Waals surface area contributed by atoms with Crippen LogP contribution in [0, 0.1) is 48.7 Å². The number of fused-ring (bicyclic) bond motifs is 4. The molecule has 0 spiro atoms. The van der Waals surface area contributed by atoms with Gasteiger partial charge in [0.25, 0.3) is 43.2 Å². The van der Waals surface area contributed by atoms with Gasteiger partial charge >= 0.3 is 0 Å². The molecule has 2 aliphatic carbocycles. The normalized spacial score (nSPS) is 17.7. The van der Waals surface area contributed by atoms with Crippen LogP contribution in [0.3, 0.4) is 0 Å². The van der Waals surface area contributed by atoms with Crippen LogP contribution in [-0.4, -0.2) is 147 Å². The average Bonchev–Trinajstić information content (AvgIpc) is 1.23. The molecule has 4 aliphatic heterocycles. The number of aromatic nitrogens is 4. The molecule has 26 nitrogen and oxygen atoms in total. The number of aromatic amines is 2. The number of piperazine rings is 2. The molecule has 0 unspecified atom stereocenters. The van der Waals surface area contributed by atoms with E-state index < -0.39 is 57.2 Å². The third-order valence-electron chi connectivity index (χ3n) is 25.2. The lowest BCUT2D eigenvalue weighted by Crippen LogP contribution is -2.47. The highest BCUT2D eigenvalue weighted by atomic mass is 35.5. The molecular formula is C98H97Cl2FN12O14S2. The predicted octanol–water partition coefficient (Wildman–Crippen LogP) is 19.4. The minimum atomic E-state index is -4.69. The van der Waals surface area contributed by atoms with Crippen LogP contribution in [0.5, 0.6) is 34.5 Å². The van der Waals surface area contributed by atoms with E-state index in [0.717, 1.165) is 141 Å². The molecule has 666 valence electrons. The van der Waals surface area contributed by atoms with Crippen LogP contribution in [0.25, 0.3) is 33.2 Å². The molecule has 0 bridgehead atoms. The van der Waals surface area contributed by atoms with E-state index in [0.29, 0.717) is 59.9 Å². The Bertz CT molecular complexity index is 6610. The number of carbonyl (C=O) groups excluding carboxylic acids is 2. The maximum absolute atomic E-state index is 14.4. The van der Waals surface area contributed by atoms with Crippen molar-refractivity contribution in [3.63, 3.8) is 0 Å². The number of sulfonamides is 2. The fourth-order valence-electron chi connectivity index (χ4n) is 18.2. The van der Waals surface area contributed by atoms with Crippen LogP contribution in [0.4, 0.5) is 27.1 Å². The monoisotopic (exact) mass is 1820 g/mol. The summed E-state index contributed by atoms with van der Waals surface area (Å²) in [4.78, 5) is 74.9. The number of hydrogen-bond acceptors (Lipinski definition) is 20. The number of halogens is 3. The maximum atomic E-state index is 14.4. The van der Waals surface area contributed by atoms with E-state index in [1.807, 2.05) is 66.7 Å². The number of rotatable bonds is 24. The highest BCUT2D eigenvalue weighted by Crippen LogP contribution is 2.48. The van der Waals surface area contributed by atoms with E-state index in [1.165, 1.54) is 70.1 Å². The molecule has 0 saturated carbocycles. The summed E-state index contributed by atoms with van der Waals surface area (Å²) in [6, 6.07) is 54.0. The molecule has 2 fully saturated rings. The summed E-state index contributed by atoms with van der Waals surface area (Å²) in [6.07, 6.45) is 14.3. The topological polar surface area (TPSA) is 320 Å². The number of anilines is 2. The summed E-state index contributed by atoms with van der Waals surface area (Å²) in [5.41, 5.74) is 12.6. The van der Waals surface area contributed by atoms with Gasteiger partial charge in [-0.2, -0.15) is 0 Å². The summed E-state index contributed by atoms with van der Waals surface area (Å²) in [5.74, 6) is -1.68. The third-order valence-corrected chi connectivity index (χ3v) is 28.4. The first-order chi connectivity index (χ1) is 61.9. The largest absolute Gasteiger partial charge is 0.493 e. The van der Waals surface area contributed by atoms with Gasteiger partial charge in [0.05, 0.1) is 67.5 Å².